The Hall–Kier alpha value is -18.6. The largest absolute Gasteiger partial charge is 0.456 e. The van der Waals surface area contributed by atoms with Crippen LogP contribution >= 0.6 is 0 Å². The molecule has 0 N–H and O–H groups in total. The number of rotatable bonds is 13. The molecule has 1 unspecified atom stereocenters. The molecular weight excluding hydrogens is 1790 g/mol. The molecule has 0 bridgehead atoms. The Bertz CT molecular complexity index is 9650. The highest BCUT2D eigenvalue weighted by atomic mass is 16.3. The van der Waals surface area contributed by atoms with Crippen molar-refractivity contribution in [1.82, 2.24) is 44.9 Å². The summed E-state index contributed by atoms with van der Waals surface area (Å²) in [6, 6.07) is 150. The van der Waals surface area contributed by atoms with Gasteiger partial charge in [0, 0.05) is 104 Å². The summed E-state index contributed by atoms with van der Waals surface area (Å²) in [4.78, 5) is 45.1. The SMILES string of the molecule is CCC1(C)c2ccccc2-c2c1ccc1oc3cc(-c4cccc(-c5nc(-c6ccccc6)nc(-c6ccccc6)n5)c4)ccc3c21.CCC1(CC)c2cccc(-c3nc(-c4ccccc4)nc(-c4ccccc4)n3)c2-c2c1ccc1oc3ccccc3c21.c1ccc(-c2nc(-c3ccc4c(c3)oc3ccc5c(c34)-c3ccccc3C53c4ccccc4-c4ccccc43)nc(-c3ccc4oc5ccccc5c4c3)n2)cc1. The number of para-hydroxylation sites is 2. The molecule has 7 heterocycles. The first-order valence-corrected chi connectivity index (χ1v) is 50.1. The first-order valence-electron chi connectivity index (χ1n) is 50.1. The van der Waals surface area contributed by atoms with Crippen molar-refractivity contribution < 1.29 is 17.7 Å². The Kier molecular flexibility index (Phi) is 19.8. The second-order valence-electron chi connectivity index (χ2n) is 38.6. The van der Waals surface area contributed by atoms with E-state index in [1.807, 2.05) is 164 Å². The molecule has 0 fully saturated rings. The zero-order chi connectivity index (χ0) is 97.0. The lowest BCUT2D eigenvalue weighted by atomic mass is 9.70. The third-order valence-electron chi connectivity index (χ3n) is 31.1. The zero-order valence-corrected chi connectivity index (χ0v) is 80.3. The van der Waals surface area contributed by atoms with E-state index in [2.05, 4.69) is 295 Å². The molecule has 4 aliphatic carbocycles. The summed E-state index contributed by atoms with van der Waals surface area (Å²) in [7, 11) is 0. The van der Waals surface area contributed by atoms with Crippen LogP contribution in [0.5, 0.6) is 0 Å². The van der Waals surface area contributed by atoms with Gasteiger partial charge in [-0.1, -0.05) is 380 Å². The van der Waals surface area contributed by atoms with E-state index in [0.717, 1.165) is 157 Å². The van der Waals surface area contributed by atoms with Crippen LogP contribution in [0.15, 0.2) is 448 Å². The number of hydrogen-bond donors (Lipinski definition) is 0. The topological polar surface area (TPSA) is 169 Å². The molecule has 0 saturated heterocycles. The molecular formula is C133H89N9O4. The number of fused-ring (bicyclic) bond motifs is 31. The van der Waals surface area contributed by atoms with Gasteiger partial charge in [-0.3, -0.25) is 0 Å². The predicted molar refractivity (Wildman–Crippen MR) is 588 cm³/mol. The molecule has 30 rings (SSSR count). The highest BCUT2D eigenvalue weighted by Gasteiger charge is 2.53. The highest BCUT2D eigenvalue weighted by molar-refractivity contribution is 6.20. The average molecular weight is 1880 g/mol. The predicted octanol–water partition coefficient (Wildman–Crippen LogP) is 34.0. The van der Waals surface area contributed by atoms with Gasteiger partial charge in [0.05, 0.1) is 5.41 Å². The molecule has 1 spiro atoms. The van der Waals surface area contributed by atoms with E-state index in [9.17, 15) is 0 Å². The first-order chi connectivity index (χ1) is 72.1. The van der Waals surface area contributed by atoms with E-state index in [4.69, 9.17) is 62.5 Å². The fourth-order valence-corrected chi connectivity index (χ4v) is 24.0. The van der Waals surface area contributed by atoms with Crippen molar-refractivity contribution in [2.75, 3.05) is 0 Å². The third kappa shape index (κ3) is 13.3. The van der Waals surface area contributed by atoms with E-state index in [-0.39, 0.29) is 10.8 Å². The lowest BCUT2D eigenvalue weighted by molar-refractivity contribution is 0.490. The third-order valence-corrected chi connectivity index (χ3v) is 31.1. The Labute approximate surface area is 841 Å². The summed E-state index contributed by atoms with van der Waals surface area (Å²) < 4.78 is 25.9. The van der Waals surface area contributed by atoms with Crippen LogP contribution < -0.4 is 0 Å². The lowest BCUT2D eigenvalue weighted by Gasteiger charge is -2.30. The average Bonchev–Trinajstić information content (AvgIpc) is 1.49. The molecule has 4 aliphatic rings. The van der Waals surface area contributed by atoms with Crippen molar-refractivity contribution >= 4 is 87.8 Å². The van der Waals surface area contributed by atoms with Crippen LogP contribution in [0.3, 0.4) is 0 Å². The second-order valence-corrected chi connectivity index (χ2v) is 38.6. The summed E-state index contributed by atoms with van der Waals surface area (Å²) in [5.41, 5.74) is 37.9. The molecule has 26 aromatic rings. The van der Waals surface area contributed by atoms with E-state index < -0.39 is 5.41 Å². The molecule has 13 nitrogen and oxygen atoms in total. The number of nitrogens with zero attached hydrogens (tertiary/aromatic N) is 9. The molecule has 690 valence electrons. The maximum Gasteiger partial charge on any atom is 0.164 e. The number of hydrogen-bond acceptors (Lipinski definition) is 13. The smallest absolute Gasteiger partial charge is 0.164 e. The molecule has 19 aromatic carbocycles. The molecule has 7 aromatic heterocycles. The Balaban J connectivity index is 0.000000107. The van der Waals surface area contributed by atoms with Crippen LogP contribution in [0.4, 0.5) is 0 Å². The molecule has 1 atom stereocenters. The van der Waals surface area contributed by atoms with Gasteiger partial charge in [-0.2, -0.15) is 0 Å². The number of furan rings is 4. The van der Waals surface area contributed by atoms with Crippen molar-refractivity contribution in [2.24, 2.45) is 0 Å². The van der Waals surface area contributed by atoms with Crippen molar-refractivity contribution in [3.8, 4) is 158 Å². The number of benzene rings is 19. The minimum atomic E-state index is -0.419. The molecule has 0 saturated carbocycles. The molecule has 13 heteroatoms. The summed E-state index contributed by atoms with van der Waals surface area (Å²) in [6.45, 7) is 9.26. The van der Waals surface area contributed by atoms with Gasteiger partial charge in [-0.25, -0.2) is 44.9 Å². The fourth-order valence-electron chi connectivity index (χ4n) is 24.0. The van der Waals surface area contributed by atoms with Crippen LogP contribution in [-0.4, -0.2) is 44.9 Å². The summed E-state index contributed by atoms with van der Waals surface area (Å²) >= 11 is 0. The van der Waals surface area contributed by atoms with Gasteiger partial charge >= 0.3 is 0 Å². The lowest BCUT2D eigenvalue weighted by Crippen LogP contribution is -2.25. The van der Waals surface area contributed by atoms with Crippen LogP contribution in [0.25, 0.3) is 246 Å². The Morgan fingerprint density at radius 2 is 0.486 bits per heavy atom. The van der Waals surface area contributed by atoms with Crippen molar-refractivity contribution in [1.29, 1.82) is 0 Å². The van der Waals surface area contributed by atoms with Crippen molar-refractivity contribution in [2.45, 2.75) is 63.2 Å². The standard InChI is InChI=1S/C52H29N3O2.C43H31N3O.C38H29N3O/c1-2-12-30(13-3-1)49-53-50(31-23-26-44-38(28-31)35-16-7-11-21-43(35)56-44)55-51(54-49)32-22-24-37-46(29-32)57-45-27-25-42-47(48(37)45)36-17-6-10-20-41(36)52(42)39-18-8-4-14-33(39)34-15-5-9-19-40(34)52;1-3-43(2)34-20-11-10-19-32(34)38-35(43)23-24-36-39(38)33-22-21-30(26-37(33)47-36)29-17-12-18-31(25-29)42-45-40(27-13-6-4-7-14-27)44-41(46-42)28-15-8-5-9-16-28;1-3-38(4-2)28-20-13-19-27(32(28)34-29(38)22-23-31-33(34)26-18-11-12-21-30(26)42-31)37-40-35(24-14-7-5-8-15-24)39-36(41-37)25-16-9-6-10-17-25/h1-29H;4-26H,3H2,1-2H3;5-23H,3-4H2,1-2H3. The Morgan fingerprint density at radius 1 is 0.178 bits per heavy atom. The van der Waals surface area contributed by atoms with Crippen LogP contribution in [0, 0.1) is 0 Å². The summed E-state index contributed by atoms with van der Waals surface area (Å²) in [6.07, 6.45) is 3.03. The monoisotopic (exact) mass is 1880 g/mol. The van der Waals surface area contributed by atoms with Gasteiger partial charge in [0.15, 0.2) is 52.4 Å². The zero-order valence-electron chi connectivity index (χ0n) is 80.3. The fraction of sp³-hybridized carbons (Fsp3) is 0.0752. The van der Waals surface area contributed by atoms with Gasteiger partial charge in [-0.15, -0.1) is 0 Å². The van der Waals surface area contributed by atoms with Gasteiger partial charge in [0.25, 0.3) is 0 Å². The molecule has 0 aliphatic heterocycles. The quantitative estimate of drug-likeness (QED) is 0.107. The minimum Gasteiger partial charge on any atom is -0.456 e. The highest BCUT2D eigenvalue weighted by Crippen LogP contribution is 2.66. The molecule has 0 radical (unpaired) electrons. The van der Waals surface area contributed by atoms with E-state index >= 15 is 0 Å². The van der Waals surface area contributed by atoms with Gasteiger partial charge in [0.1, 0.15) is 44.7 Å². The summed E-state index contributed by atoms with van der Waals surface area (Å²) in [5.74, 6) is 5.72. The molecule has 0 amide bonds. The maximum absolute atomic E-state index is 6.77. The van der Waals surface area contributed by atoms with Crippen LogP contribution in [-0.2, 0) is 16.2 Å². The molecule has 146 heavy (non-hydrogen) atoms. The number of aromatic nitrogens is 9. The van der Waals surface area contributed by atoms with Gasteiger partial charge in [-0.05, 0) is 198 Å². The van der Waals surface area contributed by atoms with E-state index in [1.54, 1.807) is 0 Å². The van der Waals surface area contributed by atoms with Crippen LogP contribution in [0.1, 0.15) is 91.5 Å². The van der Waals surface area contributed by atoms with Gasteiger partial charge in [0.2, 0.25) is 0 Å². The maximum atomic E-state index is 6.77. The van der Waals surface area contributed by atoms with Crippen molar-refractivity contribution in [3.05, 3.63) is 475 Å². The van der Waals surface area contributed by atoms with E-state index in [1.165, 1.54) is 99.8 Å². The van der Waals surface area contributed by atoms with Crippen molar-refractivity contribution in [3.63, 3.8) is 0 Å². The van der Waals surface area contributed by atoms with E-state index in [0.29, 0.717) is 52.4 Å². The normalized spacial score (nSPS) is 14.0. The Morgan fingerprint density at radius 3 is 1.01 bits per heavy atom. The van der Waals surface area contributed by atoms with Gasteiger partial charge < -0.3 is 17.7 Å². The first kappa shape index (κ1) is 85.4. The summed E-state index contributed by atoms with van der Waals surface area (Å²) in [5, 5.41) is 8.92. The van der Waals surface area contributed by atoms with Crippen LogP contribution in [0.2, 0.25) is 0 Å². The second kappa shape index (κ2) is 33.8. The minimum absolute atomic E-state index is 0.0140.